The molecule has 4 heteroatoms. The first-order chi connectivity index (χ1) is 9.22. The van der Waals surface area contributed by atoms with E-state index in [1.165, 1.54) is 6.42 Å². The Morgan fingerprint density at radius 3 is 2.63 bits per heavy atom. The number of fused-ring (bicyclic) bond motifs is 1. The van der Waals surface area contributed by atoms with E-state index >= 15 is 0 Å². The van der Waals surface area contributed by atoms with E-state index in [-0.39, 0.29) is 6.61 Å². The molecule has 3 rings (SSSR count). The van der Waals surface area contributed by atoms with Crippen molar-refractivity contribution in [1.29, 1.82) is 0 Å². The molecule has 1 fully saturated rings. The molecule has 0 unspecified atom stereocenters. The molecule has 1 aliphatic carbocycles. The molecule has 0 spiro atoms. The zero-order valence-electron chi connectivity index (χ0n) is 11.0. The summed E-state index contributed by atoms with van der Waals surface area (Å²) in [5, 5.41) is 20.2. The van der Waals surface area contributed by atoms with Crippen LogP contribution in [-0.2, 0) is 13.2 Å². The number of rotatable bonds is 3. The molecule has 1 aliphatic rings. The maximum absolute atomic E-state index is 10.7. The minimum Gasteiger partial charge on any atom is -0.388 e. The summed E-state index contributed by atoms with van der Waals surface area (Å²) in [6.07, 6.45) is 5.05. The van der Waals surface area contributed by atoms with Crippen LogP contribution in [0.25, 0.3) is 11.0 Å². The summed E-state index contributed by atoms with van der Waals surface area (Å²) >= 11 is 0. The highest BCUT2D eigenvalue weighted by Crippen LogP contribution is 2.31. The molecular weight excluding hydrogens is 240 g/mol. The lowest BCUT2D eigenvalue weighted by Gasteiger charge is -2.33. The van der Waals surface area contributed by atoms with Crippen LogP contribution in [-0.4, -0.2) is 25.4 Å². The van der Waals surface area contributed by atoms with Crippen molar-refractivity contribution in [1.82, 2.24) is 9.55 Å². The molecule has 19 heavy (non-hydrogen) atoms. The van der Waals surface area contributed by atoms with Crippen LogP contribution in [0.5, 0.6) is 0 Å². The normalized spacial score (nSPS) is 18.8. The molecule has 2 N–H and O–H groups in total. The molecular formula is C15H20N2O2. The highest BCUT2D eigenvalue weighted by Gasteiger charge is 2.30. The van der Waals surface area contributed by atoms with Crippen molar-refractivity contribution in [2.45, 2.75) is 50.9 Å². The van der Waals surface area contributed by atoms with Gasteiger partial charge in [0.15, 0.2) is 0 Å². The van der Waals surface area contributed by atoms with Crippen LogP contribution in [0.1, 0.15) is 37.9 Å². The predicted octanol–water partition coefficient (Wildman–Crippen LogP) is 2.22. The summed E-state index contributed by atoms with van der Waals surface area (Å²) in [5.74, 6) is 0.639. The van der Waals surface area contributed by atoms with Gasteiger partial charge in [0.1, 0.15) is 12.4 Å². The van der Waals surface area contributed by atoms with Crippen molar-refractivity contribution in [3.8, 4) is 0 Å². The third-order valence-electron chi connectivity index (χ3n) is 4.11. The maximum Gasteiger partial charge on any atom is 0.135 e. The largest absolute Gasteiger partial charge is 0.388 e. The van der Waals surface area contributed by atoms with E-state index in [1.54, 1.807) is 0 Å². The van der Waals surface area contributed by atoms with E-state index in [1.807, 2.05) is 28.8 Å². The molecule has 0 atom stereocenters. The van der Waals surface area contributed by atoms with Crippen LogP contribution < -0.4 is 0 Å². The van der Waals surface area contributed by atoms with E-state index in [0.717, 1.165) is 36.7 Å². The lowest BCUT2D eigenvalue weighted by Crippen LogP contribution is -2.36. The van der Waals surface area contributed by atoms with Crippen LogP contribution in [0.15, 0.2) is 24.3 Å². The van der Waals surface area contributed by atoms with Gasteiger partial charge < -0.3 is 14.8 Å². The van der Waals surface area contributed by atoms with Gasteiger partial charge in [-0.1, -0.05) is 31.4 Å². The second kappa shape index (κ2) is 4.94. The average molecular weight is 260 g/mol. The Kier molecular flexibility index (Phi) is 3.29. The molecule has 2 aromatic rings. The lowest BCUT2D eigenvalue weighted by atomic mass is 9.85. The first-order valence-corrected chi connectivity index (χ1v) is 6.99. The van der Waals surface area contributed by atoms with E-state index in [0.29, 0.717) is 12.4 Å². The van der Waals surface area contributed by atoms with Crippen molar-refractivity contribution in [2.75, 3.05) is 0 Å². The minimum absolute atomic E-state index is 0.0925. The summed E-state index contributed by atoms with van der Waals surface area (Å²) in [5.41, 5.74) is 1.22. The minimum atomic E-state index is -0.647. The Morgan fingerprint density at radius 1 is 1.16 bits per heavy atom. The molecule has 1 heterocycles. The van der Waals surface area contributed by atoms with Crippen LogP contribution in [0.3, 0.4) is 0 Å². The van der Waals surface area contributed by atoms with Gasteiger partial charge in [-0.05, 0) is 25.0 Å². The Balaban J connectivity index is 1.99. The maximum atomic E-state index is 10.7. The highest BCUT2D eigenvalue weighted by atomic mass is 16.3. The highest BCUT2D eigenvalue weighted by molar-refractivity contribution is 5.75. The lowest BCUT2D eigenvalue weighted by molar-refractivity contribution is -0.0117. The number of hydrogen-bond donors (Lipinski definition) is 2. The number of para-hydroxylation sites is 2. The van der Waals surface area contributed by atoms with E-state index in [4.69, 9.17) is 0 Å². The summed E-state index contributed by atoms with van der Waals surface area (Å²) in [6.45, 7) is 0.439. The number of benzene rings is 1. The van der Waals surface area contributed by atoms with Gasteiger partial charge in [-0.3, -0.25) is 0 Å². The molecule has 1 aromatic carbocycles. The monoisotopic (exact) mass is 260 g/mol. The van der Waals surface area contributed by atoms with Gasteiger partial charge in [0.05, 0.1) is 23.2 Å². The van der Waals surface area contributed by atoms with E-state index < -0.39 is 5.60 Å². The number of nitrogens with zero attached hydrogens (tertiary/aromatic N) is 2. The summed E-state index contributed by atoms with van der Waals surface area (Å²) < 4.78 is 1.97. The van der Waals surface area contributed by atoms with Gasteiger partial charge in [-0.25, -0.2) is 4.98 Å². The first-order valence-electron chi connectivity index (χ1n) is 6.99. The van der Waals surface area contributed by atoms with Crippen LogP contribution in [0, 0.1) is 0 Å². The number of aliphatic hydroxyl groups is 2. The smallest absolute Gasteiger partial charge is 0.135 e. The molecule has 4 nitrogen and oxygen atoms in total. The Bertz CT molecular complexity index is 571. The molecule has 0 bridgehead atoms. The third kappa shape index (κ3) is 2.38. The summed E-state index contributed by atoms with van der Waals surface area (Å²) in [7, 11) is 0. The topological polar surface area (TPSA) is 58.3 Å². The van der Waals surface area contributed by atoms with Crippen LogP contribution >= 0.6 is 0 Å². The van der Waals surface area contributed by atoms with Crippen LogP contribution in [0.2, 0.25) is 0 Å². The molecule has 0 aliphatic heterocycles. The Hall–Kier alpha value is -1.39. The van der Waals surface area contributed by atoms with Gasteiger partial charge >= 0.3 is 0 Å². The summed E-state index contributed by atoms with van der Waals surface area (Å²) in [6, 6.07) is 7.84. The van der Waals surface area contributed by atoms with Crippen LogP contribution in [0.4, 0.5) is 0 Å². The zero-order valence-corrected chi connectivity index (χ0v) is 11.0. The Morgan fingerprint density at radius 2 is 1.89 bits per heavy atom. The van der Waals surface area contributed by atoms with Crippen molar-refractivity contribution in [3.63, 3.8) is 0 Å². The van der Waals surface area contributed by atoms with Crippen molar-refractivity contribution < 1.29 is 10.2 Å². The second-order valence-electron chi connectivity index (χ2n) is 5.55. The van der Waals surface area contributed by atoms with E-state index in [2.05, 4.69) is 4.98 Å². The quantitative estimate of drug-likeness (QED) is 0.889. The van der Waals surface area contributed by atoms with E-state index in [9.17, 15) is 10.2 Å². The fourth-order valence-corrected chi connectivity index (χ4v) is 3.08. The number of imidazole rings is 1. The van der Waals surface area contributed by atoms with Gasteiger partial charge in [-0.2, -0.15) is 0 Å². The zero-order chi connectivity index (χ0) is 13.3. The fraction of sp³-hybridized carbons (Fsp3) is 0.533. The molecule has 1 saturated carbocycles. The molecule has 0 saturated heterocycles. The van der Waals surface area contributed by atoms with Gasteiger partial charge in [0, 0.05) is 0 Å². The molecule has 0 amide bonds. The standard InChI is InChI=1S/C15H20N2O2/c18-10-14-16-12-6-2-3-7-13(12)17(14)11-15(19)8-4-1-5-9-15/h2-3,6-7,18-19H,1,4-5,8-11H2. The first kappa shape index (κ1) is 12.6. The fourth-order valence-electron chi connectivity index (χ4n) is 3.08. The predicted molar refractivity (Wildman–Crippen MR) is 73.7 cm³/mol. The van der Waals surface area contributed by atoms with Crippen molar-refractivity contribution in [3.05, 3.63) is 30.1 Å². The molecule has 102 valence electrons. The van der Waals surface area contributed by atoms with Crippen molar-refractivity contribution >= 4 is 11.0 Å². The third-order valence-corrected chi connectivity index (χ3v) is 4.11. The average Bonchev–Trinajstić information content (AvgIpc) is 2.77. The number of aliphatic hydroxyl groups excluding tert-OH is 1. The molecule has 0 radical (unpaired) electrons. The van der Waals surface area contributed by atoms with Gasteiger partial charge in [0.2, 0.25) is 0 Å². The number of aromatic nitrogens is 2. The van der Waals surface area contributed by atoms with Gasteiger partial charge in [-0.15, -0.1) is 0 Å². The molecule has 1 aromatic heterocycles. The Labute approximate surface area is 112 Å². The SMILES string of the molecule is OCc1nc2ccccc2n1CC1(O)CCCCC1. The summed E-state index contributed by atoms with van der Waals surface area (Å²) in [4.78, 5) is 4.43. The number of hydrogen-bond acceptors (Lipinski definition) is 3. The van der Waals surface area contributed by atoms with Gasteiger partial charge in [0.25, 0.3) is 0 Å². The van der Waals surface area contributed by atoms with Crippen molar-refractivity contribution in [2.24, 2.45) is 0 Å². The second-order valence-corrected chi connectivity index (χ2v) is 5.55.